The van der Waals surface area contributed by atoms with E-state index in [1.807, 2.05) is 11.3 Å². The van der Waals surface area contributed by atoms with E-state index >= 15 is 0 Å². The monoisotopic (exact) mass is 294 g/mol. The molecule has 1 saturated carbocycles. The van der Waals surface area contributed by atoms with Crippen molar-refractivity contribution in [3.05, 3.63) is 22.4 Å². The first-order valence-corrected chi connectivity index (χ1v) is 8.96. The lowest BCUT2D eigenvalue weighted by molar-refractivity contribution is 0.148. The average molecular weight is 295 g/mol. The van der Waals surface area contributed by atoms with Gasteiger partial charge in [-0.25, -0.2) is 0 Å². The summed E-state index contributed by atoms with van der Waals surface area (Å²) in [5, 5.41) is 2.17. The van der Waals surface area contributed by atoms with Gasteiger partial charge in [-0.1, -0.05) is 19.4 Å². The molecule has 2 N–H and O–H groups in total. The van der Waals surface area contributed by atoms with E-state index in [1.165, 1.54) is 30.6 Å². The fourth-order valence-corrected chi connectivity index (χ4v) is 4.22. The van der Waals surface area contributed by atoms with E-state index in [0.717, 1.165) is 18.9 Å². The molecule has 20 heavy (non-hydrogen) atoms. The summed E-state index contributed by atoms with van der Waals surface area (Å²) < 4.78 is 0. The number of nitrogens with zero attached hydrogens (tertiary/aromatic N) is 1. The lowest BCUT2D eigenvalue weighted by atomic mass is 9.77. The SMILES string of the molecule is CCC1CCC(N)C(CN(C)C(C)Cc2cccs2)C1. The molecule has 0 aromatic carbocycles. The number of nitrogens with two attached hydrogens (primary N) is 1. The molecule has 1 heterocycles. The molecule has 0 spiro atoms. The van der Waals surface area contributed by atoms with Gasteiger partial charge in [-0.15, -0.1) is 11.3 Å². The molecule has 1 aromatic heterocycles. The minimum absolute atomic E-state index is 0.411. The molecule has 1 aliphatic carbocycles. The lowest BCUT2D eigenvalue weighted by Crippen LogP contribution is -2.44. The van der Waals surface area contributed by atoms with Crippen LogP contribution in [0.15, 0.2) is 17.5 Å². The second-order valence-corrected chi connectivity index (χ2v) is 7.62. The molecule has 114 valence electrons. The smallest absolute Gasteiger partial charge is 0.0112 e. The summed E-state index contributed by atoms with van der Waals surface area (Å²) in [6.45, 7) is 5.82. The van der Waals surface area contributed by atoms with Crippen molar-refractivity contribution < 1.29 is 0 Å². The topological polar surface area (TPSA) is 29.3 Å². The molecule has 4 unspecified atom stereocenters. The second kappa shape index (κ2) is 7.58. The van der Waals surface area contributed by atoms with Crippen LogP contribution < -0.4 is 5.73 Å². The standard InChI is InChI=1S/C17H30N2S/c1-4-14-7-8-17(18)15(11-14)12-19(3)13(2)10-16-6-5-9-20-16/h5-6,9,13-15,17H,4,7-8,10-12,18H2,1-3H3. The van der Waals surface area contributed by atoms with Gasteiger partial charge >= 0.3 is 0 Å². The van der Waals surface area contributed by atoms with Crippen LogP contribution in [0.4, 0.5) is 0 Å². The van der Waals surface area contributed by atoms with E-state index in [-0.39, 0.29) is 0 Å². The van der Waals surface area contributed by atoms with Crippen molar-refractivity contribution >= 4 is 11.3 Å². The van der Waals surface area contributed by atoms with Gasteiger partial charge in [-0.3, -0.25) is 0 Å². The molecule has 4 atom stereocenters. The van der Waals surface area contributed by atoms with Gasteiger partial charge in [0, 0.05) is 23.5 Å². The summed E-state index contributed by atoms with van der Waals surface area (Å²) in [6, 6.07) is 5.40. The predicted octanol–water partition coefficient (Wildman–Crippen LogP) is 3.76. The van der Waals surface area contributed by atoms with Crippen LogP contribution in [0, 0.1) is 11.8 Å². The number of likely N-dealkylation sites (N-methyl/N-ethyl adjacent to an activating group) is 1. The number of rotatable bonds is 6. The maximum absolute atomic E-state index is 6.36. The molecular formula is C17H30N2S. The summed E-state index contributed by atoms with van der Waals surface area (Å²) in [5.41, 5.74) is 6.36. The van der Waals surface area contributed by atoms with Crippen molar-refractivity contribution in [2.24, 2.45) is 17.6 Å². The Kier molecular flexibility index (Phi) is 6.06. The van der Waals surface area contributed by atoms with Crippen LogP contribution in [0.1, 0.15) is 44.4 Å². The van der Waals surface area contributed by atoms with Gasteiger partial charge in [0.2, 0.25) is 0 Å². The van der Waals surface area contributed by atoms with Crippen LogP contribution >= 0.6 is 11.3 Å². The molecule has 2 rings (SSSR count). The molecule has 2 nitrogen and oxygen atoms in total. The second-order valence-electron chi connectivity index (χ2n) is 6.58. The zero-order valence-electron chi connectivity index (χ0n) is 13.2. The first-order valence-electron chi connectivity index (χ1n) is 8.08. The number of thiophene rings is 1. The zero-order valence-corrected chi connectivity index (χ0v) is 14.0. The summed E-state index contributed by atoms with van der Waals surface area (Å²) in [6.07, 6.45) is 6.36. The lowest BCUT2D eigenvalue weighted by Gasteiger charge is -2.37. The summed E-state index contributed by atoms with van der Waals surface area (Å²) in [4.78, 5) is 4.01. The van der Waals surface area contributed by atoms with E-state index in [1.54, 1.807) is 0 Å². The van der Waals surface area contributed by atoms with Crippen molar-refractivity contribution in [1.82, 2.24) is 4.90 Å². The van der Waals surface area contributed by atoms with Gasteiger partial charge in [0.15, 0.2) is 0 Å². The summed E-state index contributed by atoms with van der Waals surface area (Å²) in [7, 11) is 2.26. The van der Waals surface area contributed by atoms with Crippen molar-refractivity contribution in [2.45, 2.75) is 58.0 Å². The van der Waals surface area contributed by atoms with E-state index in [4.69, 9.17) is 5.73 Å². The van der Waals surface area contributed by atoms with Gasteiger partial charge in [0.05, 0.1) is 0 Å². The largest absolute Gasteiger partial charge is 0.327 e. The highest BCUT2D eigenvalue weighted by Crippen LogP contribution is 2.31. The number of hydrogen-bond acceptors (Lipinski definition) is 3. The van der Waals surface area contributed by atoms with Crippen molar-refractivity contribution in [1.29, 1.82) is 0 Å². The molecule has 1 fully saturated rings. The predicted molar refractivity (Wildman–Crippen MR) is 89.2 cm³/mol. The Morgan fingerprint density at radius 3 is 2.90 bits per heavy atom. The highest BCUT2D eigenvalue weighted by atomic mass is 32.1. The Bertz CT molecular complexity index is 376. The molecule has 1 aliphatic rings. The van der Waals surface area contributed by atoms with Crippen LogP contribution in [-0.4, -0.2) is 30.6 Å². The van der Waals surface area contributed by atoms with E-state index in [2.05, 4.69) is 43.3 Å². The first kappa shape index (κ1) is 16.0. The van der Waals surface area contributed by atoms with Crippen molar-refractivity contribution in [3.63, 3.8) is 0 Å². The third-order valence-corrected chi connectivity index (χ3v) is 5.98. The Balaban J connectivity index is 1.84. The highest BCUT2D eigenvalue weighted by Gasteiger charge is 2.28. The molecule has 0 saturated heterocycles. The van der Waals surface area contributed by atoms with Gasteiger partial charge < -0.3 is 10.6 Å². The van der Waals surface area contributed by atoms with Gasteiger partial charge in [-0.05, 0) is 62.9 Å². The first-order chi connectivity index (χ1) is 9.60. The molecule has 0 bridgehead atoms. The third kappa shape index (κ3) is 4.31. The van der Waals surface area contributed by atoms with Crippen LogP contribution in [0.25, 0.3) is 0 Å². The van der Waals surface area contributed by atoms with Gasteiger partial charge in [0.25, 0.3) is 0 Å². The minimum Gasteiger partial charge on any atom is -0.327 e. The highest BCUT2D eigenvalue weighted by molar-refractivity contribution is 7.09. The molecule has 3 heteroatoms. The average Bonchev–Trinajstić information content (AvgIpc) is 2.94. The molecule has 0 radical (unpaired) electrons. The fraction of sp³-hybridized carbons (Fsp3) is 0.765. The quantitative estimate of drug-likeness (QED) is 0.865. The number of hydrogen-bond donors (Lipinski definition) is 1. The van der Waals surface area contributed by atoms with Gasteiger partial charge in [0.1, 0.15) is 0 Å². The maximum Gasteiger partial charge on any atom is 0.0112 e. The third-order valence-electron chi connectivity index (χ3n) is 5.08. The molecule has 0 amide bonds. The Hall–Kier alpha value is -0.380. The van der Waals surface area contributed by atoms with E-state index in [9.17, 15) is 0 Å². The molecule has 1 aromatic rings. The summed E-state index contributed by atoms with van der Waals surface area (Å²) >= 11 is 1.87. The Morgan fingerprint density at radius 1 is 1.45 bits per heavy atom. The van der Waals surface area contributed by atoms with Crippen LogP contribution in [0.5, 0.6) is 0 Å². The van der Waals surface area contributed by atoms with Crippen LogP contribution in [0.2, 0.25) is 0 Å². The normalized spacial score (nSPS) is 28.8. The van der Waals surface area contributed by atoms with Crippen molar-refractivity contribution in [3.8, 4) is 0 Å². The van der Waals surface area contributed by atoms with Crippen LogP contribution in [0.3, 0.4) is 0 Å². The minimum atomic E-state index is 0.411. The van der Waals surface area contributed by atoms with Gasteiger partial charge in [-0.2, -0.15) is 0 Å². The van der Waals surface area contributed by atoms with E-state index in [0.29, 0.717) is 18.0 Å². The van der Waals surface area contributed by atoms with Crippen LogP contribution in [-0.2, 0) is 6.42 Å². The maximum atomic E-state index is 6.36. The molecular weight excluding hydrogens is 264 g/mol. The zero-order chi connectivity index (χ0) is 14.5. The Labute approximate surface area is 128 Å². The molecule has 0 aliphatic heterocycles. The fourth-order valence-electron chi connectivity index (χ4n) is 3.39. The Morgan fingerprint density at radius 2 is 2.25 bits per heavy atom. The summed E-state index contributed by atoms with van der Waals surface area (Å²) in [5.74, 6) is 1.59. The van der Waals surface area contributed by atoms with Crippen molar-refractivity contribution in [2.75, 3.05) is 13.6 Å². The van der Waals surface area contributed by atoms with E-state index < -0.39 is 0 Å².